The first-order chi connectivity index (χ1) is 49.7. The van der Waals surface area contributed by atoms with Gasteiger partial charge in [-0.05, 0) is 172 Å². The van der Waals surface area contributed by atoms with Crippen molar-refractivity contribution in [3.8, 4) is 22.5 Å². The lowest BCUT2D eigenvalue weighted by molar-refractivity contribution is -0.192. The molecule has 105 heavy (non-hydrogen) atoms. The number of likely N-dealkylation sites (tertiary alicyclic amines) is 3. The highest BCUT2D eigenvalue weighted by atomic mass is 127. The molecule has 3 amide bonds. The number of pyridine rings is 3. The molecule has 554 valence electrons. The SMILES string of the molecule is CC(C)(C)OC(=O)N1CCC(n2nc(-c3cnc4[nH]ccc4c3)c3c(N)ncnc32)CC1.CC(C)(C)OC(=O)N1CCC(n2nc(-c3cnc4[nH]ccc4c3)c3c(N)ncnc32)CC1.CC(C)(C)OC(=O)N1CCC(n2nc(I)c3c(N)ncnc32)CC1.Cc1cnc2c(c1)C=CC2.O=C(O)C(F)(F)F. The van der Waals surface area contributed by atoms with Crippen LogP contribution >= 0.6 is 22.6 Å². The summed E-state index contributed by atoms with van der Waals surface area (Å²) in [7, 11) is 0. The van der Waals surface area contributed by atoms with Gasteiger partial charge in [0.2, 0.25) is 0 Å². The number of halogens is 4. The van der Waals surface area contributed by atoms with E-state index in [9.17, 15) is 27.6 Å². The van der Waals surface area contributed by atoms with Crippen LogP contribution in [0.25, 0.3) is 83.8 Å². The van der Waals surface area contributed by atoms with Gasteiger partial charge in [0.1, 0.15) is 79.6 Å². The Morgan fingerprint density at radius 1 is 0.524 bits per heavy atom. The minimum absolute atomic E-state index is 0.0863. The average molecular weight is 1560 g/mol. The molecule has 0 atom stereocenters. The monoisotopic (exact) mass is 1560 g/mol. The molecule has 3 aliphatic heterocycles. The van der Waals surface area contributed by atoms with Crippen LogP contribution in [0.3, 0.4) is 0 Å². The molecule has 0 bridgehead atoms. The number of carboxylic acid groups (broad SMARTS) is 1. The number of piperidine rings is 3. The Kier molecular flexibility index (Phi) is 22.1. The van der Waals surface area contributed by atoms with Crippen LogP contribution in [-0.2, 0) is 25.4 Å². The molecule has 0 aromatic carbocycles. The number of carbonyl (C=O) groups excluding carboxylic acids is 3. The number of rotatable bonds is 5. The van der Waals surface area contributed by atoms with Gasteiger partial charge in [-0.2, -0.15) is 28.5 Å². The largest absolute Gasteiger partial charge is 0.490 e. The van der Waals surface area contributed by atoms with Crippen molar-refractivity contribution in [3.63, 3.8) is 0 Å². The number of aromatic nitrogens is 17. The van der Waals surface area contributed by atoms with E-state index in [1.807, 2.05) is 119 Å². The Balaban J connectivity index is 0.000000142. The van der Waals surface area contributed by atoms with E-state index in [2.05, 4.69) is 108 Å². The van der Waals surface area contributed by atoms with Crippen LogP contribution in [0.5, 0.6) is 0 Å². The second-order valence-corrected chi connectivity index (χ2v) is 29.5. The molecule has 11 aromatic rings. The number of nitrogens with zero attached hydrogens (tertiary/aromatic N) is 18. The molecule has 35 heteroatoms. The van der Waals surface area contributed by atoms with Gasteiger partial charge in [0.05, 0.1) is 40.0 Å². The van der Waals surface area contributed by atoms with E-state index in [-0.39, 0.29) is 36.4 Å². The van der Waals surface area contributed by atoms with Gasteiger partial charge in [-0.25, -0.2) is 73.1 Å². The van der Waals surface area contributed by atoms with E-state index in [0.29, 0.717) is 79.4 Å². The summed E-state index contributed by atoms with van der Waals surface area (Å²) < 4.78 is 54.8. The van der Waals surface area contributed by atoms with Crippen LogP contribution in [-0.4, -0.2) is 190 Å². The first-order valence-electron chi connectivity index (χ1n) is 34.0. The van der Waals surface area contributed by atoms with E-state index >= 15 is 0 Å². The summed E-state index contributed by atoms with van der Waals surface area (Å²) in [4.78, 5) is 96.4. The highest BCUT2D eigenvalue weighted by molar-refractivity contribution is 14.1. The Morgan fingerprint density at radius 3 is 1.26 bits per heavy atom. The Morgan fingerprint density at radius 2 is 0.886 bits per heavy atom. The maximum Gasteiger partial charge on any atom is 0.490 e. The Labute approximate surface area is 614 Å². The number of carboxylic acids is 1. The molecular weight excluding hydrogens is 1470 g/mol. The van der Waals surface area contributed by atoms with Gasteiger partial charge in [0.15, 0.2) is 16.9 Å². The number of ether oxygens (including phenoxy) is 3. The summed E-state index contributed by atoms with van der Waals surface area (Å²) in [6.45, 7) is 22.6. The summed E-state index contributed by atoms with van der Waals surface area (Å²) >= 11 is 2.15. The quantitative estimate of drug-likeness (QED) is 0.0688. The van der Waals surface area contributed by atoms with Crippen LogP contribution < -0.4 is 17.2 Å². The number of aromatic amines is 2. The number of H-pyrrole nitrogens is 2. The molecule has 4 aliphatic rings. The molecule has 1 aliphatic carbocycles. The zero-order chi connectivity index (χ0) is 75.4. The molecule has 0 spiro atoms. The molecule has 9 N–H and O–H groups in total. The lowest BCUT2D eigenvalue weighted by Gasteiger charge is -2.33. The molecule has 3 saturated heterocycles. The van der Waals surface area contributed by atoms with Gasteiger partial charge in [0, 0.05) is 98.6 Å². The van der Waals surface area contributed by atoms with Crippen molar-refractivity contribution in [1.82, 2.24) is 98.9 Å². The lowest BCUT2D eigenvalue weighted by Crippen LogP contribution is -2.42. The number of allylic oxidation sites excluding steroid dienone is 1. The van der Waals surface area contributed by atoms with Gasteiger partial charge >= 0.3 is 30.4 Å². The van der Waals surface area contributed by atoms with Gasteiger partial charge in [0.25, 0.3) is 0 Å². The van der Waals surface area contributed by atoms with E-state index in [0.717, 1.165) is 104 Å². The maximum atomic E-state index is 12.4. The number of amides is 3. The van der Waals surface area contributed by atoms with Crippen molar-refractivity contribution in [2.75, 3.05) is 56.5 Å². The Hall–Kier alpha value is -10.9. The lowest BCUT2D eigenvalue weighted by atomic mass is 10.1. The molecule has 0 unspecified atom stereocenters. The highest BCUT2D eigenvalue weighted by Crippen LogP contribution is 2.38. The fourth-order valence-electron chi connectivity index (χ4n) is 12.3. The predicted molar refractivity (Wildman–Crippen MR) is 396 cm³/mol. The van der Waals surface area contributed by atoms with Crippen LogP contribution in [0.2, 0.25) is 0 Å². The van der Waals surface area contributed by atoms with Crippen molar-refractivity contribution >= 4 is 126 Å². The molecule has 0 radical (unpaired) electrons. The Bertz CT molecular complexity index is 4800. The fraction of sp³-hybridized carbons (Fsp3) is 0.429. The molecule has 3 fully saturated rings. The summed E-state index contributed by atoms with van der Waals surface area (Å²) in [5, 5.41) is 25.8. The molecule has 14 heterocycles. The van der Waals surface area contributed by atoms with E-state index in [1.54, 1.807) is 27.1 Å². The standard InChI is InChI=1S/2C22H26N8O2.C15H21IN6O2.C9H9N.C2HF3O2/c2*1-22(2,3)32-21(31)29-8-5-15(6-9-29)30-20-16(18(23)26-12-27-20)17(28-30)14-10-13-4-7-24-19(13)25-11-14;1-15(2,3)24-14(23)21-6-4-9(5-7-21)22-13-10(11(16)20-22)12(17)18-8-19-13;1-7-5-8-3-2-4-9(8)10-6-7;3-2(4,5)1(6)7/h2*4,7,10-12,15H,5-6,8-9H2,1-3H3,(H,24,25)(H2,23,26,27);8-9H,4-7H2,1-3H3,(H2,17,18,19);2-3,5-6H,4H2,1H3;(H,6,7). The third-order valence-electron chi connectivity index (χ3n) is 17.2. The number of anilines is 3. The van der Waals surface area contributed by atoms with E-state index < -0.39 is 28.9 Å². The molecule has 0 saturated carbocycles. The fourth-order valence-corrected chi connectivity index (χ4v) is 13.1. The van der Waals surface area contributed by atoms with E-state index in [1.165, 1.54) is 35.8 Å². The van der Waals surface area contributed by atoms with Crippen LogP contribution in [0, 0.1) is 10.6 Å². The van der Waals surface area contributed by atoms with Crippen molar-refractivity contribution in [2.24, 2.45) is 0 Å². The third kappa shape index (κ3) is 18.0. The average Bonchev–Trinajstić information content (AvgIpc) is 1.62. The van der Waals surface area contributed by atoms with Crippen molar-refractivity contribution < 1.29 is 51.7 Å². The molecule has 15 rings (SSSR count). The topological polar surface area (TPSA) is 405 Å². The zero-order valence-corrected chi connectivity index (χ0v) is 61.8. The highest BCUT2D eigenvalue weighted by Gasteiger charge is 2.39. The summed E-state index contributed by atoms with van der Waals surface area (Å²) in [6.07, 6.45) is 17.6. The minimum atomic E-state index is -5.08. The number of aryl methyl sites for hydroxylation is 1. The number of hydrogen-bond donors (Lipinski definition) is 6. The second kappa shape index (κ2) is 30.8. The molecule has 31 nitrogen and oxygen atoms in total. The first kappa shape index (κ1) is 75.3. The van der Waals surface area contributed by atoms with Crippen molar-refractivity contribution in [2.45, 2.75) is 155 Å². The minimum Gasteiger partial charge on any atom is -0.475 e. The second-order valence-electron chi connectivity index (χ2n) is 28.5. The number of hydrogen-bond acceptors (Lipinski definition) is 22. The van der Waals surface area contributed by atoms with Crippen molar-refractivity contribution in [1.29, 1.82) is 0 Å². The van der Waals surface area contributed by atoms with Crippen LogP contribution in [0.15, 0.2) is 86.4 Å². The van der Waals surface area contributed by atoms with Crippen LogP contribution in [0.4, 0.5) is 45.0 Å². The number of carbonyl (C=O) groups is 4. The maximum absolute atomic E-state index is 12.4. The number of nitrogens with one attached hydrogen (secondary N) is 2. The summed E-state index contributed by atoms with van der Waals surface area (Å²) in [5.41, 5.74) is 27.6. The van der Waals surface area contributed by atoms with Crippen LogP contribution in [0.1, 0.15) is 136 Å². The predicted octanol–water partition coefficient (Wildman–Crippen LogP) is 12.2. The van der Waals surface area contributed by atoms with Gasteiger partial charge in [-0.15, -0.1) is 0 Å². The van der Waals surface area contributed by atoms with E-state index in [4.69, 9.17) is 51.5 Å². The van der Waals surface area contributed by atoms with Gasteiger partial charge < -0.3 is 61.2 Å². The smallest absolute Gasteiger partial charge is 0.475 e. The third-order valence-corrected chi connectivity index (χ3v) is 18.0. The summed E-state index contributed by atoms with van der Waals surface area (Å²) in [6, 6.07) is 10.5. The van der Waals surface area contributed by atoms with Gasteiger partial charge in [-0.1, -0.05) is 12.2 Å². The summed E-state index contributed by atoms with van der Waals surface area (Å²) in [5.74, 6) is -1.54. The number of fused-ring (bicyclic) bond motifs is 6. The van der Waals surface area contributed by atoms with Crippen molar-refractivity contribution in [3.05, 3.63) is 107 Å². The number of alkyl halides is 3. The van der Waals surface area contributed by atoms with Gasteiger partial charge in [-0.3, -0.25) is 4.98 Å². The normalized spacial score (nSPS) is 15.3. The number of nitrogen functional groups attached to an aromatic ring is 3. The zero-order valence-electron chi connectivity index (χ0n) is 59.7. The number of aliphatic carboxylic acids is 1. The molecular formula is C70H83F3IN23O8. The number of nitrogens with two attached hydrogens (primary N) is 3. The first-order valence-corrected chi connectivity index (χ1v) is 35.1. The molecule has 11 aromatic heterocycles.